The second kappa shape index (κ2) is 8.74. The average molecular weight is 445 g/mol. The normalized spacial score (nSPS) is 19.1. The van der Waals surface area contributed by atoms with E-state index in [9.17, 15) is 18.0 Å². The topological polar surface area (TPSA) is 109 Å². The molecule has 4 rings (SSSR count). The number of sulfonamides is 1. The molecule has 2 amide bonds. The molecule has 2 aliphatic heterocycles. The maximum absolute atomic E-state index is 13.0. The number of pyridine rings is 1. The van der Waals surface area contributed by atoms with Gasteiger partial charge in [0, 0.05) is 51.1 Å². The number of amides is 2. The summed E-state index contributed by atoms with van der Waals surface area (Å²) in [6.45, 7) is 3.02. The van der Waals surface area contributed by atoms with Crippen LogP contribution in [0.4, 0.5) is 5.69 Å². The summed E-state index contributed by atoms with van der Waals surface area (Å²) >= 11 is 0. The van der Waals surface area contributed by atoms with Gasteiger partial charge < -0.3 is 10.1 Å². The highest BCUT2D eigenvalue weighted by atomic mass is 32.2. The summed E-state index contributed by atoms with van der Waals surface area (Å²) in [6.07, 6.45) is 3.56. The molecule has 1 saturated heterocycles. The van der Waals surface area contributed by atoms with Gasteiger partial charge in [0.05, 0.1) is 18.1 Å². The Balaban J connectivity index is 1.55. The van der Waals surface area contributed by atoms with E-state index in [-0.39, 0.29) is 23.1 Å². The van der Waals surface area contributed by atoms with Gasteiger partial charge in [-0.05, 0) is 35.4 Å². The Morgan fingerprint density at radius 1 is 1.23 bits per heavy atom. The Morgan fingerprint density at radius 2 is 2.00 bits per heavy atom. The smallest absolute Gasteiger partial charge is 0.243 e. The summed E-state index contributed by atoms with van der Waals surface area (Å²) in [4.78, 5) is 30.8. The van der Waals surface area contributed by atoms with Crippen molar-refractivity contribution in [2.75, 3.05) is 31.2 Å². The maximum atomic E-state index is 13.0. The van der Waals surface area contributed by atoms with Crippen molar-refractivity contribution < 1.29 is 22.7 Å². The Hall–Kier alpha value is -2.82. The Bertz CT molecular complexity index is 1080. The molecule has 2 aromatic rings. The predicted octanol–water partition coefficient (Wildman–Crippen LogP) is 0.697. The third-order valence-electron chi connectivity index (χ3n) is 5.47. The number of morpholine rings is 1. The van der Waals surface area contributed by atoms with Crippen molar-refractivity contribution in [3.05, 3.63) is 53.9 Å². The largest absolute Gasteiger partial charge is 0.379 e. The van der Waals surface area contributed by atoms with E-state index in [1.807, 2.05) is 6.07 Å². The first kappa shape index (κ1) is 21.4. The lowest BCUT2D eigenvalue weighted by Gasteiger charge is -2.26. The molecule has 3 heterocycles. The molecular formula is C21H24N4O5S. The van der Waals surface area contributed by atoms with Crippen LogP contribution in [0, 0.1) is 0 Å². The van der Waals surface area contributed by atoms with Gasteiger partial charge in [-0.3, -0.25) is 19.5 Å². The van der Waals surface area contributed by atoms with Crippen LogP contribution < -0.4 is 10.2 Å². The first-order valence-electron chi connectivity index (χ1n) is 10.0. The van der Waals surface area contributed by atoms with E-state index in [2.05, 4.69) is 10.3 Å². The summed E-state index contributed by atoms with van der Waals surface area (Å²) < 4.78 is 32.6. The number of carbonyl (C=O) groups is 2. The van der Waals surface area contributed by atoms with E-state index in [0.717, 1.165) is 5.56 Å². The molecule has 0 saturated carbocycles. The number of nitrogens with zero attached hydrogens (tertiary/aromatic N) is 3. The number of carbonyl (C=O) groups excluding carboxylic acids is 2. The van der Waals surface area contributed by atoms with E-state index in [0.29, 0.717) is 44.1 Å². The summed E-state index contributed by atoms with van der Waals surface area (Å²) in [7, 11) is -3.66. The zero-order chi connectivity index (χ0) is 22.0. The molecule has 0 aliphatic carbocycles. The fourth-order valence-corrected chi connectivity index (χ4v) is 5.39. The van der Waals surface area contributed by atoms with Crippen LogP contribution in [-0.2, 0) is 37.3 Å². The van der Waals surface area contributed by atoms with Crippen molar-refractivity contribution in [1.29, 1.82) is 0 Å². The third kappa shape index (κ3) is 4.32. The summed E-state index contributed by atoms with van der Waals surface area (Å²) in [5, 5.41) is 2.84. The SMILES string of the molecule is CC(=O)N1c2ccc(S(=O)(=O)N3CCOCC3)cc2C[C@@H]1C(=O)NCc1cccnc1. The molecule has 9 nitrogen and oxygen atoms in total. The highest BCUT2D eigenvalue weighted by Crippen LogP contribution is 2.35. The van der Waals surface area contributed by atoms with Gasteiger partial charge in [-0.25, -0.2) is 8.42 Å². The number of aromatic nitrogens is 1. The van der Waals surface area contributed by atoms with Crippen LogP contribution in [0.5, 0.6) is 0 Å². The molecule has 0 spiro atoms. The minimum absolute atomic E-state index is 0.160. The number of ether oxygens (including phenoxy) is 1. The Morgan fingerprint density at radius 3 is 2.68 bits per heavy atom. The predicted molar refractivity (Wildman–Crippen MR) is 113 cm³/mol. The highest BCUT2D eigenvalue weighted by Gasteiger charge is 2.38. The summed E-state index contributed by atoms with van der Waals surface area (Å²) in [5.74, 6) is -0.572. The number of rotatable bonds is 5. The van der Waals surface area contributed by atoms with Crippen LogP contribution in [0.1, 0.15) is 18.1 Å². The lowest BCUT2D eigenvalue weighted by molar-refractivity contribution is -0.125. The zero-order valence-electron chi connectivity index (χ0n) is 17.2. The molecule has 1 fully saturated rings. The number of benzene rings is 1. The van der Waals surface area contributed by atoms with E-state index in [1.54, 1.807) is 30.6 Å². The number of hydrogen-bond donors (Lipinski definition) is 1. The molecule has 1 N–H and O–H groups in total. The molecule has 1 aromatic carbocycles. The molecule has 0 unspecified atom stereocenters. The molecular weight excluding hydrogens is 420 g/mol. The van der Waals surface area contributed by atoms with Crippen LogP contribution in [0.25, 0.3) is 0 Å². The minimum Gasteiger partial charge on any atom is -0.379 e. The number of hydrogen-bond acceptors (Lipinski definition) is 6. The average Bonchev–Trinajstić information content (AvgIpc) is 3.18. The highest BCUT2D eigenvalue weighted by molar-refractivity contribution is 7.89. The van der Waals surface area contributed by atoms with Crippen LogP contribution in [0.2, 0.25) is 0 Å². The van der Waals surface area contributed by atoms with Crippen molar-refractivity contribution in [1.82, 2.24) is 14.6 Å². The minimum atomic E-state index is -3.66. The molecule has 164 valence electrons. The first-order chi connectivity index (χ1) is 14.9. The lowest BCUT2D eigenvalue weighted by Crippen LogP contribution is -2.47. The van der Waals surface area contributed by atoms with Crippen molar-refractivity contribution in [2.24, 2.45) is 0 Å². The zero-order valence-corrected chi connectivity index (χ0v) is 18.0. The molecule has 0 radical (unpaired) electrons. The van der Waals surface area contributed by atoms with Gasteiger partial charge in [-0.15, -0.1) is 0 Å². The molecule has 10 heteroatoms. The maximum Gasteiger partial charge on any atom is 0.243 e. The summed E-state index contributed by atoms with van der Waals surface area (Å²) in [6, 6.07) is 7.58. The Labute approximate surface area is 181 Å². The van der Waals surface area contributed by atoms with Crippen LogP contribution in [0.3, 0.4) is 0 Å². The second-order valence-electron chi connectivity index (χ2n) is 7.49. The first-order valence-corrected chi connectivity index (χ1v) is 11.5. The molecule has 1 atom stereocenters. The monoisotopic (exact) mass is 444 g/mol. The lowest BCUT2D eigenvalue weighted by atomic mass is 10.1. The molecule has 1 aromatic heterocycles. The van der Waals surface area contributed by atoms with E-state index < -0.39 is 16.1 Å². The second-order valence-corrected chi connectivity index (χ2v) is 9.43. The van der Waals surface area contributed by atoms with Gasteiger partial charge in [0.1, 0.15) is 6.04 Å². The van der Waals surface area contributed by atoms with Gasteiger partial charge in [-0.2, -0.15) is 4.31 Å². The van der Waals surface area contributed by atoms with Gasteiger partial charge in [0.25, 0.3) is 0 Å². The van der Waals surface area contributed by atoms with Crippen molar-refractivity contribution in [3.8, 4) is 0 Å². The fraction of sp³-hybridized carbons (Fsp3) is 0.381. The van der Waals surface area contributed by atoms with Crippen molar-refractivity contribution >= 4 is 27.5 Å². The van der Waals surface area contributed by atoms with Gasteiger partial charge in [0.2, 0.25) is 21.8 Å². The summed E-state index contributed by atoms with van der Waals surface area (Å²) in [5.41, 5.74) is 2.07. The molecule has 0 bridgehead atoms. The van der Waals surface area contributed by atoms with Crippen molar-refractivity contribution in [2.45, 2.75) is 30.8 Å². The number of nitrogens with one attached hydrogen (secondary N) is 1. The van der Waals surface area contributed by atoms with E-state index >= 15 is 0 Å². The Kier molecular flexibility index (Phi) is 6.03. The third-order valence-corrected chi connectivity index (χ3v) is 7.37. The number of fused-ring (bicyclic) bond motifs is 1. The van der Waals surface area contributed by atoms with E-state index in [4.69, 9.17) is 4.74 Å². The fourth-order valence-electron chi connectivity index (χ4n) is 3.93. The van der Waals surface area contributed by atoms with E-state index in [1.165, 1.54) is 22.2 Å². The van der Waals surface area contributed by atoms with Crippen molar-refractivity contribution in [3.63, 3.8) is 0 Å². The van der Waals surface area contributed by atoms with Gasteiger partial charge >= 0.3 is 0 Å². The van der Waals surface area contributed by atoms with Gasteiger partial charge in [-0.1, -0.05) is 6.07 Å². The quantitative estimate of drug-likeness (QED) is 0.727. The van der Waals surface area contributed by atoms with Crippen LogP contribution in [0.15, 0.2) is 47.6 Å². The molecule has 2 aliphatic rings. The standard InChI is InChI=1S/C21H24N4O5S/c1-15(26)25-19-5-4-18(31(28,29)24-7-9-30-10-8-24)11-17(19)12-20(25)21(27)23-14-16-3-2-6-22-13-16/h2-6,11,13,20H,7-10,12,14H2,1H3,(H,23,27)/t20-/m1/s1. The van der Waals surface area contributed by atoms with Crippen LogP contribution >= 0.6 is 0 Å². The number of anilines is 1. The molecule has 31 heavy (non-hydrogen) atoms. The van der Waals surface area contributed by atoms with Crippen LogP contribution in [-0.4, -0.2) is 61.9 Å². The van der Waals surface area contributed by atoms with Gasteiger partial charge in [0.15, 0.2) is 0 Å².